The van der Waals surface area contributed by atoms with Gasteiger partial charge in [0, 0.05) is 21.0 Å². The van der Waals surface area contributed by atoms with Crippen molar-refractivity contribution in [2.24, 2.45) is 0 Å². The molecule has 0 unspecified atom stereocenters. The molecule has 0 bridgehead atoms. The summed E-state index contributed by atoms with van der Waals surface area (Å²) < 4.78 is 3.76. The number of hydrogen-bond acceptors (Lipinski definition) is 2. The van der Waals surface area contributed by atoms with E-state index in [1.807, 2.05) is 11.3 Å². The van der Waals surface area contributed by atoms with Gasteiger partial charge >= 0.3 is 0 Å². The standard InChI is InChI=1S/C35H34N2S/c1-23(2)27-13-10-14-28(24(3)4)30(27)21-37-33-16-9-8-15-32(33)36-35(37)31-22-38-34-18-17-26(20-29(31)34)19-25-11-6-5-7-12-25/h5-18,20,22-24H,19,21H2,1-4H3. The van der Waals surface area contributed by atoms with Gasteiger partial charge in [-0.1, -0.05) is 94.4 Å². The average Bonchev–Trinajstić information content (AvgIpc) is 3.50. The van der Waals surface area contributed by atoms with Crippen LogP contribution in [0.1, 0.15) is 67.3 Å². The third-order valence-corrected chi connectivity index (χ3v) is 8.56. The van der Waals surface area contributed by atoms with E-state index in [4.69, 9.17) is 4.98 Å². The summed E-state index contributed by atoms with van der Waals surface area (Å²) in [6.45, 7) is 10.0. The van der Waals surface area contributed by atoms with Crippen molar-refractivity contribution in [1.82, 2.24) is 9.55 Å². The minimum atomic E-state index is 0.462. The molecule has 0 saturated carbocycles. The molecule has 6 aromatic rings. The summed E-state index contributed by atoms with van der Waals surface area (Å²) in [5.74, 6) is 1.98. The highest BCUT2D eigenvalue weighted by Crippen LogP contribution is 2.38. The SMILES string of the molecule is CC(C)c1cccc(C(C)C)c1Cn1c(-c2csc3ccc(Cc4ccccc4)cc23)nc2ccccc21. The van der Waals surface area contributed by atoms with Crippen LogP contribution in [-0.4, -0.2) is 9.55 Å². The summed E-state index contributed by atoms with van der Waals surface area (Å²) in [6, 6.07) is 33.1. The van der Waals surface area contributed by atoms with Crippen molar-refractivity contribution < 1.29 is 0 Å². The number of rotatable bonds is 7. The maximum atomic E-state index is 5.23. The Hall–Kier alpha value is -3.69. The molecule has 0 amide bonds. The second-order valence-electron chi connectivity index (χ2n) is 10.9. The third kappa shape index (κ3) is 4.56. The lowest BCUT2D eigenvalue weighted by atomic mass is 9.88. The van der Waals surface area contributed by atoms with Crippen LogP contribution in [0, 0.1) is 0 Å². The van der Waals surface area contributed by atoms with Crippen molar-refractivity contribution in [1.29, 1.82) is 0 Å². The van der Waals surface area contributed by atoms with Crippen LogP contribution >= 0.6 is 11.3 Å². The van der Waals surface area contributed by atoms with Crippen LogP contribution in [0.2, 0.25) is 0 Å². The van der Waals surface area contributed by atoms with Crippen molar-refractivity contribution in [3.63, 3.8) is 0 Å². The van der Waals surface area contributed by atoms with Gasteiger partial charge in [0.15, 0.2) is 0 Å². The molecule has 0 radical (unpaired) electrons. The van der Waals surface area contributed by atoms with Crippen molar-refractivity contribution in [2.75, 3.05) is 0 Å². The molecule has 2 heterocycles. The van der Waals surface area contributed by atoms with E-state index in [2.05, 4.69) is 129 Å². The Labute approximate surface area is 229 Å². The molecule has 0 aliphatic heterocycles. The molecule has 0 aliphatic carbocycles. The van der Waals surface area contributed by atoms with Crippen molar-refractivity contribution >= 4 is 32.5 Å². The predicted octanol–water partition coefficient (Wildman–Crippen LogP) is 9.80. The van der Waals surface area contributed by atoms with E-state index in [1.54, 1.807) is 0 Å². The van der Waals surface area contributed by atoms with Crippen LogP contribution < -0.4 is 0 Å². The van der Waals surface area contributed by atoms with Crippen LogP contribution in [0.5, 0.6) is 0 Å². The van der Waals surface area contributed by atoms with Gasteiger partial charge in [0.1, 0.15) is 5.82 Å². The summed E-state index contributed by atoms with van der Waals surface area (Å²) in [6.07, 6.45) is 0.933. The van der Waals surface area contributed by atoms with E-state index in [-0.39, 0.29) is 0 Å². The molecule has 3 heteroatoms. The Kier molecular flexibility index (Phi) is 6.63. The van der Waals surface area contributed by atoms with Gasteiger partial charge in [-0.05, 0) is 70.3 Å². The van der Waals surface area contributed by atoms with Gasteiger partial charge in [-0.15, -0.1) is 11.3 Å². The maximum Gasteiger partial charge on any atom is 0.142 e. The number of hydrogen-bond donors (Lipinski definition) is 0. The monoisotopic (exact) mass is 514 g/mol. The number of fused-ring (bicyclic) bond motifs is 2. The molecule has 0 saturated heterocycles. The average molecular weight is 515 g/mol. The van der Waals surface area contributed by atoms with Gasteiger partial charge in [0.25, 0.3) is 0 Å². The van der Waals surface area contributed by atoms with Gasteiger partial charge in [0.2, 0.25) is 0 Å². The lowest BCUT2D eigenvalue weighted by molar-refractivity contribution is 0.750. The molecule has 0 aliphatic rings. The molecule has 0 N–H and O–H groups in total. The molecule has 2 aromatic heterocycles. The summed E-state index contributed by atoms with van der Waals surface area (Å²) in [5.41, 5.74) is 10.4. The lowest BCUT2D eigenvalue weighted by Crippen LogP contribution is -2.10. The Morgan fingerprint density at radius 2 is 1.45 bits per heavy atom. The van der Waals surface area contributed by atoms with E-state index in [9.17, 15) is 0 Å². The zero-order chi connectivity index (χ0) is 26.2. The van der Waals surface area contributed by atoms with Crippen molar-refractivity contribution in [3.8, 4) is 11.4 Å². The first kappa shape index (κ1) is 24.6. The molecule has 0 atom stereocenters. The fraction of sp³-hybridized carbons (Fsp3) is 0.229. The second kappa shape index (κ2) is 10.2. The zero-order valence-electron chi connectivity index (χ0n) is 22.6. The molecule has 190 valence electrons. The second-order valence-corrected chi connectivity index (χ2v) is 11.8. The summed E-state index contributed by atoms with van der Waals surface area (Å²) in [7, 11) is 0. The zero-order valence-corrected chi connectivity index (χ0v) is 23.4. The van der Waals surface area contributed by atoms with Crippen LogP contribution in [0.3, 0.4) is 0 Å². The van der Waals surface area contributed by atoms with Crippen molar-refractivity contribution in [2.45, 2.75) is 52.5 Å². The fourth-order valence-electron chi connectivity index (χ4n) is 5.68. The molecular weight excluding hydrogens is 480 g/mol. The maximum absolute atomic E-state index is 5.23. The lowest BCUT2D eigenvalue weighted by Gasteiger charge is -2.21. The van der Waals surface area contributed by atoms with Gasteiger partial charge in [0.05, 0.1) is 17.6 Å². The minimum Gasteiger partial charge on any atom is -0.319 e. The van der Waals surface area contributed by atoms with Crippen molar-refractivity contribution in [3.05, 3.63) is 124 Å². The van der Waals surface area contributed by atoms with Crippen LogP contribution in [-0.2, 0) is 13.0 Å². The van der Waals surface area contributed by atoms with Crippen LogP contribution in [0.25, 0.3) is 32.5 Å². The number of thiophene rings is 1. The predicted molar refractivity (Wildman–Crippen MR) is 164 cm³/mol. The highest BCUT2D eigenvalue weighted by atomic mass is 32.1. The number of aromatic nitrogens is 2. The van der Waals surface area contributed by atoms with Gasteiger partial charge in [-0.2, -0.15) is 0 Å². The van der Waals surface area contributed by atoms with Crippen LogP contribution in [0.15, 0.2) is 96.4 Å². The first-order valence-corrected chi connectivity index (χ1v) is 14.5. The smallest absolute Gasteiger partial charge is 0.142 e. The normalized spacial score (nSPS) is 11.8. The number of imidazole rings is 1. The number of nitrogens with zero attached hydrogens (tertiary/aromatic N) is 2. The van der Waals surface area contributed by atoms with E-state index in [0.29, 0.717) is 11.8 Å². The molecule has 0 fully saturated rings. The van der Waals surface area contributed by atoms with Gasteiger partial charge < -0.3 is 4.57 Å². The van der Waals surface area contributed by atoms with E-state index in [0.717, 1.165) is 24.3 Å². The van der Waals surface area contributed by atoms with E-state index < -0.39 is 0 Å². The largest absolute Gasteiger partial charge is 0.319 e. The van der Waals surface area contributed by atoms with E-state index >= 15 is 0 Å². The van der Waals surface area contributed by atoms with Crippen LogP contribution in [0.4, 0.5) is 0 Å². The van der Waals surface area contributed by atoms with Gasteiger partial charge in [-0.25, -0.2) is 4.98 Å². The highest BCUT2D eigenvalue weighted by molar-refractivity contribution is 7.17. The third-order valence-electron chi connectivity index (χ3n) is 7.59. The molecule has 2 nitrogen and oxygen atoms in total. The topological polar surface area (TPSA) is 17.8 Å². The fourth-order valence-corrected chi connectivity index (χ4v) is 6.60. The first-order chi connectivity index (χ1) is 18.5. The minimum absolute atomic E-state index is 0.462. The molecule has 4 aromatic carbocycles. The quantitative estimate of drug-likeness (QED) is 0.207. The van der Waals surface area contributed by atoms with Gasteiger partial charge in [-0.3, -0.25) is 0 Å². The summed E-state index contributed by atoms with van der Waals surface area (Å²) in [4.78, 5) is 5.23. The Morgan fingerprint density at radius 3 is 2.18 bits per heavy atom. The molecule has 38 heavy (non-hydrogen) atoms. The molecular formula is C35H34N2S. The first-order valence-electron chi connectivity index (χ1n) is 13.6. The summed E-state index contributed by atoms with van der Waals surface area (Å²) >= 11 is 1.81. The molecule has 6 rings (SSSR count). The highest BCUT2D eigenvalue weighted by Gasteiger charge is 2.20. The Bertz CT molecular complexity index is 1690. The number of para-hydroxylation sites is 2. The summed E-state index contributed by atoms with van der Waals surface area (Å²) in [5, 5.41) is 3.59. The number of benzene rings is 4. The van der Waals surface area contributed by atoms with E-state index in [1.165, 1.54) is 49.0 Å². The Balaban J connectivity index is 1.52. The Morgan fingerprint density at radius 1 is 0.737 bits per heavy atom. The molecule has 0 spiro atoms.